The van der Waals surface area contributed by atoms with Crippen LogP contribution in [0.15, 0.2) is 54.6 Å². The molecule has 0 fully saturated rings. The van der Waals surface area contributed by atoms with Gasteiger partial charge in [0.05, 0.1) is 0 Å². The van der Waals surface area contributed by atoms with E-state index in [9.17, 15) is 10.2 Å². The molecule has 1 aliphatic rings. The highest BCUT2D eigenvalue weighted by Crippen LogP contribution is 2.45. The molecule has 21 heavy (non-hydrogen) atoms. The van der Waals surface area contributed by atoms with Crippen molar-refractivity contribution in [2.75, 3.05) is 0 Å². The molecule has 0 unspecified atom stereocenters. The SMILES string of the molecule is Cc1cccc2cc3c(cc12)-c1ccccc1[C@@H](O)[C@@H]3O. The molecule has 0 aliphatic heterocycles. The zero-order valence-corrected chi connectivity index (χ0v) is 11.7. The normalized spacial score (nSPS) is 20.1. The number of aliphatic hydroxyl groups excluding tert-OH is 2. The number of rotatable bonds is 0. The van der Waals surface area contributed by atoms with Crippen molar-refractivity contribution in [1.82, 2.24) is 0 Å². The predicted molar refractivity (Wildman–Crippen MR) is 84.0 cm³/mol. The molecule has 0 saturated heterocycles. The summed E-state index contributed by atoms with van der Waals surface area (Å²) in [6.45, 7) is 2.09. The lowest BCUT2D eigenvalue weighted by Crippen LogP contribution is -2.17. The van der Waals surface area contributed by atoms with Crippen LogP contribution in [0.5, 0.6) is 0 Å². The summed E-state index contributed by atoms with van der Waals surface area (Å²) < 4.78 is 0. The van der Waals surface area contributed by atoms with Crippen molar-refractivity contribution in [3.8, 4) is 11.1 Å². The van der Waals surface area contributed by atoms with Gasteiger partial charge in [-0.3, -0.25) is 0 Å². The first kappa shape index (κ1) is 12.6. The highest BCUT2D eigenvalue weighted by atomic mass is 16.3. The van der Waals surface area contributed by atoms with E-state index in [2.05, 4.69) is 19.1 Å². The van der Waals surface area contributed by atoms with E-state index in [0.717, 1.165) is 27.6 Å². The first-order chi connectivity index (χ1) is 10.2. The summed E-state index contributed by atoms with van der Waals surface area (Å²) in [6.07, 6.45) is -1.74. The molecule has 1 aliphatic carbocycles. The van der Waals surface area contributed by atoms with E-state index in [1.54, 1.807) is 0 Å². The Morgan fingerprint density at radius 3 is 2.38 bits per heavy atom. The van der Waals surface area contributed by atoms with Crippen LogP contribution in [0.1, 0.15) is 28.9 Å². The van der Waals surface area contributed by atoms with Gasteiger partial charge in [-0.1, -0.05) is 42.5 Å². The van der Waals surface area contributed by atoms with Gasteiger partial charge in [-0.2, -0.15) is 0 Å². The van der Waals surface area contributed by atoms with Gasteiger partial charge in [-0.05, 0) is 57.6 Å². The van der Waals surface area contributed by atoms with E-state index in [1.807, 2.05) is 42.5 Å². The van der Waals surface area contributed by atoms with Gasteiger partial charge in [0, 0.05) is 0 Å². The van der Waals surface area contributed by atoms with E-state index in [1.165, 1.54) is 10.9 Å². The van der Waals surface area contributed by atoms with Crippen LogP contribution in [0.2, 0.25) is 0 Å². The maximum absolute atomic E-state index is 10.5. The Bertz CT molecular complexity index is 851. The van der Waals surface area contributed by atoms with Crippen LogP contribution in [0, 0.1) is 6.92 Å². The van der Waals surface area contributed by atoms with Crippen molar-refractivity contribution in [2.24, 2.45) is 0 Å². The van der Waals surface area contributed by atoms with Crippen molar-refractivity contribution < 1.29 is 10.2 Å². The van der Waals surface area contributed by atoms with E-state index in [-0.39, 0.29) is 0 Å². The lowest BCUT2D eigenvalue weighted by molar-refractivity contribution is 0.0159. The summed E-state index contributed by atoms with van der Waals surface area (Å²) in [5.41, 5.74) is 4.85. The van der Waals surface area contributed by atoms with Crippen LogP contribution >= 0.6 is 0 Å². The molecule has 3 aromatic carbocycles. The van der Waals surface area contributed by atoms with Gasteiger partial charge >= 0.3 is 0 Å². The monoisotopic (exact) mass is 276 g/mol. The zero-order valence-electron chi connectivity index (χ0n) is 11.7. The van der Waals surface area contributed by atoms with Crippen LogP contribution in [-0.2, 0) is 0 Å². The fourth-order valence-corrected chi connectivity index (χ4v) is 3.32. The van der Waals surface area contributed by atoms with E-state index >= 15 is 0 Å². The summed E-state index contributed by atoms with van der Waals surface area (Å²) in [4.78, 5) is 0. The van der Waals surface area contributed by atoms with E-state index < -0.39 is 12.2 Å². The van der Waals surface area contributed by atoms with Crippen molar-refractivity contribution in [1.29, 1.82) is 0 Å². The third-order valence-electron chi connectivity index (χ3n) is 4.46. The maximum atomic E-state index is 10.5. The molecule has 2 N–H and O–H groups in total. The molecule has 0 spiro atoms. The predicted octanol–water partition coefficient (Wildman–Crippen LogP) is 3.90. The third kappa shape index (κ3) is 1.73. The standard InChI is InChI=1S/C19H16O2/c1-11-5-4-6-12-9-17-16(10-15(11)12)13-7-2-3-8-14(13)18(20)19(17)21/h2-10,18-21H,1H3/t18-,19-/m1/s1. The van der Waals surface area contributed by atoms with Crippen molar-refractivity contribution in [2.45, 2.75) is 19.1 Å². The first-order valence-electron chi connectivity index (χ1n) is 7.15. The first-order valence-corrected chi connectivity index (χ1v) is 7.15. The summed E-state index contributed by atoms with van der Waals surface area (Å²) >= 11 is 0. The van der Waals surface area contributed by atoms with Crippen LogP contribution in [0.3, 0.4) is 0 Å². The molecule has 3 aromatic rings. The molecule has 0 bridgehead atoms. The third-order valence-corrected chi connectivity index (χ3v) is 4.46. The van der Waals surface area contributed by atoms with Gasteiger partial charge in [-0.25, -0.2) is 0 Å². The van der Waals surface area contributed by atoms with Crippen LogP contribution in [-0.4, -0.2) is 10.2 Å². The smallest absolute Gasteiger partial charge is 0.110 e. The second-order valence-corrected chi connectivity index (χ2v) is 5.71. The van der Waals surface area contributed by atoms with Gasteiger partial charge < -0.3 is 10.2 Å². The van der Waals surface area contributed by atoms with E-state index in [4.69, 9.17) is 0 Å². The summed E-state index contributed by atoms with van der Waals surface area (Å²) in [7, 11) is 0. The second-order valence-electron chi connectivity index (χ2n) is 5.71. The quantitative estimate of drug-likeness (QED) is 0.654. The number of fused-ring (bicyclic) bond motifs is 4. The van der Waals surface area contributed by atoms with Gasteiger partial charge in [0.15, 0.2) is 0 Å². The maximum Gasteiger partial charge on any atom is 0.110 e. The highest BCUT2D eigenvalue weighted by Gasteiger charge is 2.31. The molecule has 0 heterocycles. The molecular formula is C19H16O2. The number of aliphatic hydroxyl groups is 2. The fourth-order valence-electron chi connectivity index (χ4n) is 3.32. The lowest BCUT2D eigenvalue weighted by atomic mass is 9.80. The topological polar surface area (TPSA) is 40.5 Å². The Kier molecular flexibility index (Phi) is 2.64. The minimum Gasteiger partial charge on any atom is -0.385 e. The van der Waals surface area contributed by atoms with Crippen molar-refractivity contribution in [3.05, 3.63) is 71.3 Å². The van der Waals surface area contributed by atoms with Gasteiger partial charge in [0.25, 0.3) is 0 Å². The van der Waals surface area contributed by atoms with Crippen LogP contribution in [0.4, 0.5) is 0 Å². The molecular weight excluding hydrogens is 260 g/mol. The van der Waals surface area contributed by atoms with E-state index in [0.29, 0.717) is 0 Å². The Hall–Kier alpha value is -2.16. The second kappa shape index (κ2) is 4.42. The highest BCUT2D eigenvalue weighted by molar-refractivity contribution is 5.92. The summed E-state index contributed by atoms with van der Waals surface area (Å²) in [5.74, 6) is 0. The molecule has 0 aromatic heterocycles. The van der Waals surface area contributed by atoms with Crippen molar-refractivity contribution in [3.63, 3.8) is 0 Å². The molecule has 0 radical (unpaired) electrons. The largest absolute Gasteiger partial charge is 0.385 e. The Morgan fingerprint density at radius 1 is 0.762 bits per heavy atom. The molecule has 0 amide bonds. The Morgan fingerprint density at radius 2 is 1.52 bits per heavy atom. The van der Waals surface area contributed by atoms with Gasteiger partial charge in [0.2, 0.25) is 0 Å². The fraction of sp³-hybridized carbons (Fsp3) is 0.158. The Labute approximate surface area is 123 Å². The molecule has 104 valence electrons. The molecule has 2 nitrogen and oxygen atoms in total. The average molecular weight is 276 g/mol. The number of hydrogen-bond donors (Lipinski definition) is 2. The summed E-state index contributed by atoms with van der Waals surface area (Å²) in [6, 6.07) is 18.0. The number of hydrogen-bond acceptors (Lipinski definition) is 2. The summed E-state index contributed by atoms with van der Waals surface area (Å²) in [5, 5.41) is 23.1. The van der Waals surface area contributed by atoms with Crippen LogP contribution in [0.25, 0.3) is 21.9 Å². The Balaban J connectivity index is 2.11. The molecule has 2 atom stereocenters. The van der Waals surface area contributed by atoms with Gasteiger partial charge in [-0.15, -0.1) is 0 Å². The minimum absolute atomic E-state index is 0.797. The van der Waals surface area contributed by atoms with Crippen LogP contribution < -0.4 is 0 Å². The molecule has 0 saturated carbocycles. The average Bonchev–Trinajstić information content (AvgIpc) is 2.52. The zero-order chi connectivity index (χ0) is 14.6. The molecule has 4 rings (SSSR count). The minimum atomic E-state index is -0.875. The molecule has 2 heteroatoms. The van der Waals surface area contributed by atoms with Crippen molar-refractivity contribution >= 4 is 10.8 Å². The number of benzene rings is 3. The number of aryl methyl sites for hydroxylation is 1. The van der Waals surface area contributed by atoms with Gasteiger partial charge in [0.1, 0.15) is 12.2 Å². The lowest BCUT2D eigenvalue weighted by Gasteiger charge is -2.29.